The number of benzene rings is 1. The van der Waals surface area contributed by atoms with Crippen LogP contribution in [0.5, 0.6) is 5.75 Å². The zero-order chi connectivity index (χ0) is 18.0. The number of methoxy groups -OCH3 is 1. The first-order valence-corrected chi connectivity index (χ1v) is 8.70. The third-order valence-corrected chi connectivity index (χ3v) is 4.99. The van der Waals surface area contributed by atoms with E-state index in [1.54, 1.807) is 11.8 Å². The molecule has 1 N–H and O–H groups in total. The van der Waals surface area contributed by atoms with Crippen molar-refractivity contribution in [2.75, 3.05) is 25.1 Å². The van der Waals surface area contributed by atoms with E-state index >= 15 is 0 Å². The maximum absolute atomic E-state index is 12.6. The number of para-hydroxylation sites is 2. The number of aromatic nitrogens is 2. The molecule has 1 saturated heterocycles. The first kappa shape index (κ1) is 17.3. The van der Waals surface area contributed by atoms with Crippen molar-refractivity contribution >= 4 is 11.6 Å². The lowest BCUT2D eigenvalue weighted by molar-refractivity contribution is 0.0929. The van der Waals surface area contributed by atoms with Gasteiger partial charge in [0, 0.05) is 31.9 Å². The van der Waals surface area contributed by atoms with Gasteiger partial charge in [-0.3, -0.25) is 9.48 Å². The number of carbonyl (C=O) groups is 1. The highest BCUT2D eigenvalue weighted by Crippen LogP contribution is 2.30. The van der Waals surface area contributed by atoms with Crippen LogP contribution in [-0.2, 0) is 7.05 Å². The Morgan fingerprint density at radius 1 is 1.24 bits per heavy atom. The average Bonchev–Trinajstić information content (AvgIpc) is 2.87. The fraction of sp³-hybridized carbons (Fsp3) is 0.474. The van der Waals surface area contributed by atoms with Gasteiger partial charge in [0.1, 0.15) is 5.75 Å². The Hall–Kier alpha value is -2.50. The molecule has 1 aromatic carbocycles. The number of nitrogens with one attached hydrogen (secondary N) is 1. The van der Waals surface area contributed by atoms with Crippen LogP contribution in [0.4, 0.5) is 5.69 Å². The summed E-state index contributed by atoms with van der Waals surface area (Å²) in [6, 6.07) is 8.27. The molecule has 0 unspecified atom stereocenters. The molecule has 25 heavy (non-hydrogen) atoms. The zero-order valence-electron chi connectivity index (χ0n) is 15.4. The Morgan fingerprint density at radius 2 is 1.92 bits per heavy atom. The highest BCUT2D eigenvalue weighted by molar-refractivity contribution is 5.96. The smallest absolute Gasteiger partial charge is 0.255 e. The highest BCUT2D eigenvalue weighted by atomic mass is 16.5. The Balaban J connectivity index is 1.62. The average molecular weight is 342 g/mol. The first-order chi connectivity index (χ1) is 12.0. The molecular formula is C19H26N4O2. The van der Waals surface area contributed by atoms with Gasteiger partial charge in [0.15, 0.2) is 0 Å². The minimum Gasteiger partial charge on any atom is -0.495 e. The standard InChI is InChI=1S/C19H26N4O2/c1-13-18(14(2)22(3)21-13)19(24)20-15-9-11-23(12-10-15)16-7-5-6-8-17(16)25-4/h5-8,15H,9-12H2,1-4H3,(H,20,24). The molecule has 1 amide bonds. The summed E-state index contributed by atoms with van der Waals surface area (Å²) in [5, 5.41) is 7.51. The molecule has 3 rings (SSSR count). The van der Waals surface area contributed by atoms with Crippen molar-refractivity contribution in [3.05, 3.63) is 41.2 Å². The molecule has 0 radical (unpaired) electrons. The van der Waals surface area contributed by atoms with Gasteiger partial charge in [-0.05, 0) is 38.8 Å². The van der Waals surface area contributed by atoms with E-state index < -0.39 is 0 Å². The Labute approximate surface area is 148 Å². The number of aryl methyl sites for hydroxylation is 2. The van der Waals surface area contributed by atoms with Crippen LogP contribution >= 0.6 is 0 Å². The van der Waals surface area contributed by atoms with Crippen LogP contribution in [-0.4, -0.2) is 41.9 Å². The number of piperidine rings is 1. The lowest BCUT2D eigenvalue weighted by Crippen LogP contribution is -2.45. The Kier molecular flexibility index (Phi) is 4.97. The molecule has 1 aliphatic rings. The summed E-state index contributed by atoms with van der Waals surface area (Å²) >= 11 is 0. The van der Waals surface area contributed by atoms with Crippen molar-refractivity contribution in [3.63, 3.8) is 0 Å². The van der Waals surface area contributed by atoms with E-state index in [4.69, 9.17) is 4.74 Å². The molecule has 1 aliphatic heterocycles. The summed E-state index contributed by atoms with van der Waals surface area (Å²) in [5.74, 6) is 0.880. The van der Waals surface area contributed by atoms with Crippen LogP contribution in [0.25, 0.3) is 0 Å². The topological polar surface area (TPSA) is 59.4 Å². The molecule has 2 aromatic rings. The predicted octanol–water partition coefficient (Wildman–Crippen LogP) is 2.44. The molecule has 6 heteroatoms. The van der Waals surface area contributed by atoms with E-state index in [1.807, 2.05) is 39.1 Å². The van der Waals surface area contributed by atoms with E-state index in [1.165, 1.54) is 0 Å². The first-order valence-electron chi connectivity index (χ1n) is 8.70. The molecule has 0 bridgehead atoms. The van der Waals surface area contributed by atoms with Crippen molar-refractivity contribution in [1.29, 1.82) is 0 Å². The predicted molar refractivity (Wildman–Crippen MR) is 98.4 cm³/mol. The van der Waals surface area contributed by atoms with Gasteiger partial charge in [-0.2, -0.15) is 5.10 Å². The van der Waals surface area contributed by atoms with Gasteiger partial charge < -0.3 is 15.0 Å². The molecule has 2 heterocycles. The summed E-state index contributed by atoms with van der Waals surface area (Å²) in [4.78, 5) is 14.9. The number of ether oxygens (including phenoxy) is 1. The second kappa shape index (κ2) is 7.17. The Morgan fingerprint density at radius 3 is 2.52 bits per heavy atom. The number of hydrogen-bond acceptors (Lipinski definition) is 4. The second-order valence-electron chi connectivity index (χ2n) is 6.58. The van der Waals surface area contributed by atoms with Gasteiger partial charge in [-0.25, -0.2) is 0 Å². The number of carbonyl (C=O) groups excluding carboxylic acids is 1. The lowest BCUT2D eigenvalue weighted by atomic mass is 10.0. The van der Waals surface area contributed by atoms with Crippen LogP contribution in [0.3, 0.4) is 0 Å². The van der Waals surface area contributed by atoms with E-state index in [0.717, 1.165) is 48.8 Å². The van der Waals surface area contributed by atoms with E-state index in [2.05, 4.69) is 21.4 Å². The quantitative estimate of drug-likeness (QED) is 0.927. The highest BCUT2D eigenvalue weighted by Gasteiger charge is 2.25. The van der Waals surface area contributed by atoms with Crippen LogP contribution in [0.2, 0.25) is 0 Å². The summed E-state index contributed by atoms with van der Waals surface area (Å²) in [5.41, 5.74) is 3.51. The molecule has 0 spiro atoms. The van der Waals surface area contributed by atoms with Crippen LogP contribution in [0, 0.1) is 13.8 Å². The van der Waals surface area contributed by atoms with Gasteiger partial charge in [0.25, 0.3) is 5.91 Å². The fourth-order valence-corrected chi connectivity index (χ4v) is 3.52. The lowest BCUT2D eigenvalue weighted by Gasteiger charge is -2.34. The van der Waals surface area contributed by atoms with Crippen LogP contribution in [0.15, 0.2) is 24.3 Å². The third kappa shape index (κ3) is 3.48. The maximum Gasteiger partial charge on any atom is 0.255 e. The number of hydrogen-bond donors (Lipinski definition) is 1. The summed E-state index contributed by atoms with van der Waals surface area (Å²) < 4.78 is 7.21. The van der Waals surface area contributed by atoms with Crippen molar-refractivity contribution in [1.82, 2.24) is 15.1 Å². The number of anilines is 1. The van der Waals surface area contributed by atoms with Gasteiger partial charge >= 0.3 is 0 Å². The SMILES string of the molecule is COc1ccccc1N1CCC(NC(=O)c2c(C)nn(C)c2C)CC1. The molecule has 1 fully saturated rings. The van der Waals surface area contributed by atoms with E-state index in [-0.39, 0.29) is 11.9 Å². The normalized spacial score (nSPS) is 15.3. The Bertz CT molecular complexity index is 761. The maximum atomic E-state index is 12.6. The largest absolute Gasteiger partial charge is 0.495 e. The van der Waals surface area contributed by atoms with E-state index in [9.17, 15) is 4.79 Å². The number of nitrogens with zero attached hydrogens (tertiary/aromatic N) is 3. The molecule has 1 aromatic heterocycles. The minimum absolute atomic E-state index is 0.0150. The van der Waals surface area contributed by atoms with Crippen LogP contribution in [0.1, 0.15) is 34.6 Å². The minimum atomic E-state index is -0.0150. The molecular weight excluding hydrogens is 316 g/mol. The summed E-state index contributed by atoms with van der Waals surface area (Å²) in [6.45, 7) is 5.61. The van der Waals surface area contributed by atoms with Crippen molar-refractivity contribution in [2.24, 2.45) is 7.05 Å². The molecule has 6 nitrogen and oxygen atoms in total. The molecule has 0 saturated carbocycles. The fourth-order valence-electron chi connectivity index (χ4n) is 3.52. The van der Waals surface area contributed by atoms with Crippen LogP contribution < -0.4 is 15.0 Å². The van der Waals surface area contributed by atoms with Gasteiger partial charge in [-0.1, -0.05) is 12.1 Å². The van der Waals surface area contributed by atoms with Gasteiger partial charge in [-0.15, -0.1) is 0 Å². The second-order valence-corrected chi connectivity index (χ2v) is 6.58. The van der Waals surface area contributed by atoms with Crippen molar-refractivity contribution in [3.8, 4) is 5.75 Å². The van der Waals surface area contributed by atoms with E-state index in [0.29, 0.717) is 5.56 Å². The summed E-state index contributed by atoms with van der Waals surface area (Å²) in [7, 11) is 3.56. The molecule has 0 aliphatic carbocycles. The molecule has 0 atom stereocenters. The number of amides is 1. The van der Waals surface area contributed by atoms with Gasteiger partial charge in [0.2, 0.25) is 0 Å². The van der Waals surface area contributed by atoms with Crippen molar-refractivity contribution in [2.45, 2.75) is 32.7 Å². The summed E-state index contributed by atoms with van der Waals surface area (Å²) in [6.07, 6.45) is 1.84. The molecule has 134 valence electrons. The van der Waals surface area contributed by atoms with Crippen molar-refractivity contribution < 1.29 is 9.53 Å². The number of rotatable bonds is 4. The zero-order valence-corrected chi connectivity index (χ0v) is 15.4. The third-order valence-electron chi connectivity index (χ3n) is 4.99. The monoisotopic (exact) mass is 342 g/mol. The van der Waals surface area contributed by atoms with Gasteiger partial charge in [0.05, 0.1) is 24.1 Å².